The lowest BCUT2D eigenvalue weighted by Gasteiger charge is -2.62. The van der Waals surface area contributed by atoms with E-state index in [-0.39, 0.29) is 33.7 Å². The van der Waals surface area contributed by atoms with Gasteiger partial charge in [0.05, 0.1) is 12.2 Å². The van der Waals surface area contributed by atoms with Gasteiger partial charge in [-0.3, -0.25) is 0 Å². The molecule has 0 aliphatic heterocycles. The highest BCUT2D eigenvalue weighted by molar-refractivity contribution is 5.56. The number of allylic oxidation sites excluding steroid dienone is 2. The summed E-state index contributed by atoms with van der Waals surface area (Å²) in [5.74, 6) is 1.25. The van der Waals surface area contributed by atoms with Crippen LogP contribution in [0.4, 0.5) is 0 Å². The Balaban J connectivity index is 1.69. The average Bonchev–Trinajstić information content (AvgIpc) is 3.00. The zero-order chi connectivity index (χ0) is 22.8. The van der Waals surface area contributed by atoms with E-state index in [4.69, 9.17) is 5.21 Å². The van der Waals surface area contributed by atoms with Gasteiger partial charge in [-0.2, -0.15) is 0 Å². The van der Waals surface area contributed by atoms with Crippen molar-refractivity contribution in [3.05, 3.63) is 11.1 Å². The van der Waals surface area contributed by atoms with Crippen LogP contribution in [0, 0.1) is 39.4 Å². The Morgan fingerprint density at radius 2 is 1.71 bits per heavy atom. The van der Waals surface area contributed by atoms with Gasteiger partial charge in [0, 0.05) is 12.6 Å². The van der Waals surface area contributed by atoms with Crippen LogP contribution < -0.4 is 0 Å². The standard InChI is InChI=1S/C27H45NO3/c1-17(21(29)12-16-28-31)18-9-14-27(6)20-7-8-22-24(2,3)23(30)11-13-25(22,4)19(20)10-15-26(18,27)5/h16-18,21-23,29-31H,7-15H2,1-6H3/b28-16+/t17-,18+,21-,22?,23-,25+,26+,27-/m0/s1. The van der Waals surface area contributed by atoms with Crippen LogP contribution in [0.15, 0.2) is 16.3 Å². The monoisotopic (exact) mass is 431 g/mol. The molecule has 2 fully saturated rings. The summed E-state index contributed by atoms with van der Waals surface area (Å²) in [4.78, 5) is 0. The SMILES string of the molecule is C[C@@H]([C@H]1CC[C@@]2(C)C3=C(CC[C@]12C)[C@@]1(C)CC[C@H](O)C(C)(C)C1CC3)[C@@H](O)C/C=N/O. The van der Waals surface area contributed by atoms with E-state index in [0.29, 0.717) is 18.3 Å². The molecule has 0 radical (unpaired) electrons. The second-order valence-electron chi connectivity index (χ2n) is 12.7. The Labute approximate surface area is 189 Å². The summed E-state index contributed by atoms with van der Waals surface area (Å²) in [6, 6.07) is 0. The van der Waals surface area contributed by atoms with E-state index in [9.17, 15) is 10.2 Å². The number of fused-ring (bicyclic) bond motifs is 4. The fraction of sp³-hybridized carbons (Fsp3) is 0.889. The van der Waals surface area contributed by atoms with Crippen molar-refractivity contribution in [2.75, 3.05) is 0 Å². The fourth-order valence-corrected chi connectivity index (χ4v) is 9.20. The average molecular weight is 432 g/mol. The summed E-state index contributed by atoms with van der Waals surface area (Å²) in [5.41, 5.74) is 4.10. The molecule has 4 rings (SSSR count). The highest BCUT2D eigenvalue weighted by Crippen LogP contribution is 2.72. The first kappa shape index (κ1) is 23.3. The van der Waals surface area contributed by atoms with Crippen molar-refractivity contribution in [2.24, 2.45) is 44.6 Å². The van der Waals surface area contributed by atoms with Crippen LogP contribution in [0.1, 0.15) is 99.3 Å². The Bertz CT molecular complexity index is 772. The molecule has 8 atom stereocenters. The van der Waals surface area contributed by atoms with Gasteiger partial charge in [0.15, 0.2) is 0 Å². The normalized spacial score (nSPS) is 46.4. The number of aliphatic hydroxyl groups excluding tert-OH is 2. The molecule has 4 aliphatic rings. The summed E-state index contributed by atoms with van der Waals surface area (Å²) in [7, 11) is 0. The maximum Gasteiger partial charge on any atom is 0.0619 e. The molecule has 4 nitrogen and oxygen atoms in total. The van der Waals surface area contributed by atoms with Crippen LogP contribution in [-0.4, -0.2) is 33.8 Å². The Morgan fingerprint density at radius 1 is 1.00 bits per heavy atom. The van der Waals surface area contributed by atoms with Gasteiger partial charge in [-0.1, -0.05) is 52.7 Å². The van der Waals surface area contributed by atoms with Crippen LogP contribution >= 0.6 is 0 Å². The summed E-state index contributed by atoms with van der Waals surface area (Å²) in [5, 5.41) is 33.4. The van der Waals surface area contributed by atoms with Crippen LogP contribution in [0.3, 0.4) is 0 Å². The summed E-state index contributed by atoms with van der Waals surface area (Å²) in [6.45, 7) is 14.3. The van der Waals surface area contributed by atoms with E-state index in [1.54, 1.807) is 11.1 Å². The van der Waals surface area contributed by atoms with Crippen molar-refractivity contribution in [3.63, 3.8) is 0 Å². The van der Waals surface area contributed by atoms with Gasteiger partial charge >= 0.3 is 0 Å². The Kier molecular flexibility index (Phi) is 5.70. The van der Waals surface area contributed by atoms with Crippen molar-refractivity contribution in [3.8, 4) is 0 Å². The third-order valence-corrected chi connectivity index (χ3v) is 11.5. The lowest BCUT2D eigenvalue weighted by atomic mass is 9.43. The molecule has 0 saturated heterocycles. The van der Waals surface area contributed by atoms with Gasteiger partial charge in [0.2, 0.25) is 0 Å². The largest absolute Gasteiger partial charge is 0.411 e. The van der Waals surface area contributed by atoms with Crippen LogP contribution in [0.2, 0.25) is 0 Å². The number of rotatable bonds is 4. The predicted molar refractivity (Wildman–Crippen MR) is 125 cm³/mol. The minimum Gasteiger partial charge on any atom is -0.411 e. The van der Waals surface area contributed by atoms with Crippen molar-refractivity contribution in [1.29, 1.82) is 0 Å². The third kappa shape index (κ3) is 3.10. The predicted octanol–water partition coefficient (Wildman–Crippen LogP) is 5.94. The summed E-state index contributed by atoms with van der Waals surface area (Å²) in [6.07, 6.45) is 10.4. The van der Waals surface area contributed by atoms with E-state index >= 15 is 0 Å². The molecule has 0 bridgehead atoms. The maximum absolute atomic E-state index is 10.8. The lowest BCUT2D eigenvalue weighted by molar-refractivity contribution is -0.0969. The maximum atomic E-state index is 10.8. The van der Waals surface area contributed by atoms with Crippen molar-refractivity contribution in [2.45, 2.75) is 112 Å². The fourth-order valence-electron chi connectivity index (χ4n) is 9.20. The molecule has 31 heavy (non-hydrogen) atoms. The van der Waals surface area contributed by atoms with E-state index < -0.39 is 6.10 Å². The number of hydrogen-bond donors (Lipinski definition) is 3. The second kappa shape index (κ2) is 7.58. The second-order valence-corrected chi connectivity index (χ2v) is 12.7. The first-order valence-corrected chi connectivity index (χ1v) is 12.7. The van der Waals surface area contributed by atoms with E-state index in [2.05, 4.69) is 46.7 Å². The molecule has 0 aromatic heterocycles. The van der Waals surface area contributed by atoms with Gasteiger partial charge in [0.25, 0.3) is 0 Å². The minimum atomic E-state index is -0.454. The molecule has 0 aromatic carbocycles. The Hall–Kier alpha value is -0.870. The van der Waals surface area contributed by atoms with Gasteiger partial charge < -0.3 is 15.4 Å². The molecular weight excluding hydrogens is 386 g/mol. The first-order valence-electron chi connectivity index (χ1n) is 12.7. The van der Waals surface area contributed by atoms with Crippen LogP contribution in [0.25, 0.3) is 0 Å². The lowest BCUT2D eigenvalue weighted by Crippen LogP contribution is -2.55. The smallest absolute Gasteiger partial charge is 0.0619 e. The molecular formula is C27H45NO3. The molecule has 176 valence electrons. The van der Waals surface area contributed by atoms with Crippen molar-refractivity contribution < 1.29 is 15.4 Å². The first-order chi connectivity index (χ1) is 14.4. The van der Waals surface area contributed by atoms with Crippen molar-refractivity contribution in [1.82, 2.24) is 0 Å². The number of nitrogens with zero attached hydrogens (tertiary/aromatic N) is 1. The molecule has 0 amide bonds. The van der Waals surface area contributed by atoms with Gasteiger partial charge in [-0.25, -0.2) is 0 Å². The van der Waals surface area contributed by atoms with Crippen LogP contribution in [0.5, 0.6) is 0 Å². The molecule has 0 heterocycles. The van der Waals surface area contributed by atoms with E-state index in [1.165, 1.54) is 44.7 Å². The van der Waals surface area contributed by atoms with Gasteiger partial charge in [0.1, 0.15) is 0 Å². The van der Waals surface area contributed by atoms with Crippen LogP contribution in [-0.2, 0) is 0 Å². The highest BCUT2D eigenvalue weighted by atomic mass is 16.4. The van der Waals surface area contributed by atoms with Gasteiger partial charge in [-0.15, -0.1) is 5.16 Å². The number of oxime groups is 1. The number of hydrogen-bond acceptors (Lipinski definition) is 4. The Morgan fingerprint density at radius 3 is 2.39 bits per heavy atom. The highest BCUT2D eigenvalue weighted by Gasteiger charge is 2.63. The topological polar surface area (TPSA) is 73.0 Å². The zero-order valence-electron chi connectivity index (χ0n) is 20.6. The zero-order valence-corrected chi connectivity index (χ0v) is 20.6. The molecule has 0 spiro atoms. The van der Waals surface area contributed by atoms with Gasteiger partial charge in [-0.05, 0) is 90.8 Å². The van der Waals surface area contributed by atoms with E-state index in [1.807, 2.05) is 0 Å². The molecule has 1 unspecified atom stereocenters. The molecule has 0 aromatic rings. The molecule has 4 heteroatoms. The molecule has 3 N–H and O–H groups in total. The third-order valence-electron chi connectivity index (χ3n) is 11.5. The molecule has 4 aliphatic carbocycles. The quantitative estimate of drug-likeness (QED) is 0.223. The number of aliphatic hydroxyl groups is 2. The van der Waals surface area contributed by atoms with E-state index in [0.717, 1.165) is 12.8 Å². The molecule has 2 saturated carbocycles. The van der Waals surface area contributed by atoms with Crippen molar-refractivity contribution >= 4 is 6.21 Å². The summed E-state index contributed by atoms with van der Waals surface area (Å²) >= 11 is 0. The minimum absolute atomic E-state index is 0.0156. The summed E-state index contributed by atoms with van der Waals surface area (Å²) < 4.78 is 0.